The van der Waals surface area contributed by atoms with Crippen LogP contribution < -0.4 is 36.0 Å². The van der Waals surface area contributed by atoms with Gasteiger partial charge in [0.2, 0.25) is 0 Å². The molecule has 13 rings (SSSR count). The van der Waals surface area contributed by atoms with E-state index in [1.807, 2.05) is 12.1 Å². The fraction of sp³-hybridized carbons (Fsp3) is 0.225. The summed E-state index contributed by atoms with van der Waals surface area (Å²) in [5.41, 5.74) is 26.6. The molecule has 0 saturated carbocycles. The highest BCUT2D eigenvalue weighted by Crippen LogP contribution is 2.51. The van der Waals surface area contributed by atoms with Crippen LogP contribution in [0.4, 0.5) is 68.2 Å². The summed E-state index contributed by atoms with van der Waals surface area (Å²) >= 11 is 0. The summed E-state index contributed by atoms with van der Waals surface area (Å²) in [6.45, 7) is 32.1. The number of benzene rings is 10. The van der Waals surface area contributed by atoms with E-state index in [9.17, 15) is 0 Å². The predicted molar refractivity (Wildman–Crippen MR) is 369 cm³/mol. The van der Waals surface area contributed by atoms with Crippen LogP contribution in [0.2, 0.25) is 0 Å². The maximum Gasteiger partial charge on any atom is 0.252 e. The van der Waals surface area contributed by atoms with Crippen LogP contribution in [-0.4, -0.2) is 6.71 Å². The van der Waals surface area contributed by atoms with E-state index in [4.69, 9.17) is 4.42 Å². The third kappa shape index (κ3) is 10.1. The number of furan rings is 1. The van der Waals surface area contributed by atoms with Gasteiger partial charge in [-0.25, -0.2) is 0 Å². The monoisotopic (exact) mass is 1120 g/mol. The number of aryl methyl sites for hydroxylation is 2. The summed E-state index contributed by atoms with van der Waals surface area (Å²) < 4.78 is 6.40. The van der Waals surface area contributed by atoms with Gasteiger partial charge in [-0.1, -0.05) is 186 Å². The normalized spacial score (nSPS) is 13.2. The summed E-state index contributed by atoms with van der Waals surface area (Å²) in [4.78, 5) is 10.1. The summed E-state index contributed by atoms with van der Waals surface area (Å²) in [5.74, 6) is 0.854. The number of fused-ring (bicyclic) bond motifs is 5. The first kappa shape index (κ1) is 56.2. The molecule has 86 heavy (non-hydrogen) atoms. The van der Waals surface area contributed by atoms with Crippen LogP contribution in [0, 0.1) is 13.8 Å². The lowest BCUT2D eigenvalue weighted by Crippen LogP contribution is -2.61. The molecule has 0 amide bonds. The van der Waals surface area contributed by atoms with Crippen molar-refractivity contribution in [2.75, 3.05) is 19.6 Å². The van der Waals surface area contributed by atoms with Crippen LogP contribution in [0.15, 0.2) is 229 Å². The smallest absolute Gasteiger partial charge is 0.252 e. The highest BCUT2D eigenvalue weighted by atomic mass is 16.3. The Balaban J connectivity index is 1.11. The molecule has 428 valence electrons. The van der Waals surface area contributed by atoms with Gasteiger partial charge in [0.15, 0.2) is 0 Å². The molecule has 0 unspecified atom stereocenters. The minimum absolute atomic E-state index is 0.00973. The molecule has 0 fully saturated rings. The van der Waals surface area contributed by atoms with E-state index in [2.05, 4.69) is 329 Å². The van der Waals surface area contributed by atoms with E-state index >= 15 is 0 Å². The van der Waals surface area contributed by atoms with Gasteiger partial charge in [-0.05, 0) is 207 Å². The van der Waals surface area contributed by atoms with Crippen molar-refractivity contribution >= 4 is 102 Å². The van der Waals surface area contributed by atoms with Crippen molar-refractivity contribution in [1.29, 1.82) is 0 Å². The standard InChI is InChI=1S/C80H79BN4O/c1-52-21-20-22-53(2)76(52)85-70-46-44-65(82(60-24-16-15-17-25-60)61-36-27-54(28-37-61)74-47-55-23-18-19-26-73(55)86-74)49-68(70)81-67-48-59(80(12,13)14)35-45-69(67)84(64-42-33-58(34-43-64)79(9,10)11)71-50-66(51-72(85)75(71)81)83(62-38-29-56(30-39-62)77(3,4)5)63-40-31-57(32-41-63)78(6,7)8/h15-51H,1-14H3. The molecule has 5 nitrogen and oxygen atoms in total. The van der Waals surface area contributed by atoms with Gasteiger partial charge in [-0.15, -0.1) is 0 Å². The minimum atomic E-state index is -0.161. The second-order valence-corrected chi connectivity index (χ2v) is 28.1. The molecule has 2 aliphatic heterocycles. The molecule has 0 saturated heterocycles. The van der Waals surface area contributed by atoms with Gasteiger partial charge in [0.1, 0.15) is 11.3 Å². The van der Waals surface area contributed by atoms with E-state index in [1.54, 1.807) is 0 Å². The fourth-order valence-corrected chi connectivity index (χ4v) is 13.1. The van der Waals surface area contributed by atoms with Crippen LogP contribution in [0.25, 0.3) is 22.3 Å². The number of rotatable bonds is 9. The topological polar surface area (TPSA) is 26.1 Å². The van der Waals surface area contributed by atoms with Gasteiger partial charge in [-0.3, -0.25) is 0 Å². The number of para-hydroxylation sites is 3. The largest absolute Gasteiger partial charge is 0.456 e. The van der Waals surface area contributed by atoms with Crippen LogP contribution in [0.3, 0.4) is 0 Å². The van der Waals surface area contributed by atoms with Gasteiger partial charge in [-0.2, -0.15) is 0 Å². The maximum absolute atomic E-state index is 6.40. The molecule has 11 aromatic rings. The zero-order valence-corrected chi connectivity index (χ0v) is 52.6. The van der Waals surface area contributed by atoms with Crippen LogP contribution >= 0.6 is 0 Å². The van der Waals surface area contributed by atoms with Crippen molar-refractivity contribution in [2.24, 2.45) is 0 Å². The first-order valence-corrected chi connectivity index (χ1v) is 30.7. The third-order valence-corrected chi connectivity index (χ3v) is 17.9. The highest BCUT2D eigenvalue weighted by molar-refractivity contribution is 7.00. The second-order valence-electron chi connectivity index (χ2n) is 28.1. The lowest BCUT2D eigenvalue weighted by Gasteiger charge is -2.46. The number of anilines is 12. The van der Waals surface area contributed by atoms with Crippen molar-refractivity contribution in [3.05, 3.63) is 258 Å². The van der Waals surface area contributed by atoms with Crippen LogP contribution in [0.5, 0.6) is 0 Å². The fourth-order valence-electron chi connectivity index (χ4n) is 13.1. The van der Waals surface area contributed by atoms with E-state index in [1.165, 1.54) is 61.1 Å². The average Bonchev–Trinajstić information content (AvgIpc) is 1.07. The average molecular weight is 1120 g/mol. The minimum Gasteiger partial charge on any atom is -0.456 e. The van der Waals surface area contributed by atoms with Crippen molar-refractivity contribution in [2.45, 2.75) is 119 Å². The number of nitrogens with zero attached hydrogens (tertiary/aromatic N) is 4. The Morgan fingerprint density at radius 1 is 0.349 bits per heavy atom. The van der Waals surface area contributed by atoms with Crippen LogP contribution in [-0.2, 0) is 21.7 Å². The molecule has 0 aliphatic carbocycles. The quantitative estimate of drug-likeness (QED) is 0.134. The van der Waals surface area contributed by atoms with Gasteiger partial charge < -0.3 is 24.0 Å². The Morgan fingerprint density at radius 2 is 0.791 bits per heavy atom. The Hall–Kier alpha value is -9.00. The lowest BCUT2D eigenvalue weighted by molar-refractivity contribution is 0.590. The summed E-state index contributed by atoms with van der Waals surface area (Å²) in [7, 11) is 0. The lowest BCUT2D eigenvalue weighted by atomic mass is 9.33. The Morgan fingerprint density at radius 3 is 1.35 bits per heavy atom. The van der Waals surface area contributed by atoms with Crippen molar-refractivity contribution in [3.8, 4) is 11.3 Å². The molecule has 0 spiro atoms. The number of hydrogen-bond acceptors (Lipinski definition) is 5. The van der Waals surface area contributed by atoms with E-state index in [0.717, 1.165) is 79.2 Å². The van der Waals surface area contributed by atoms with E-state index in [-0.39, 0.29) is 28.4 Å². The van der Waals surface area contributed by atoms with Gasteiger partial charge in [0, 0.05) is 67.8 Å². The highest BCUT2D eigenvalue weighted by Gasteiger charge is 2.45. The summed E-state index contributed by atoms with van der Waals surface area (Å²) in [6, 6.07) is 84.3. The summed E-state index contributed by atoms with van der Waals surface area (Å²) in [5, 5.41) is 1.09. The third-order valence-electron chi connectivity index (χ3n) is 17.9. The zero-order chi connectivity index (χ0) is 60.2. The van der Waals surface area contributed by atoms with Crippen molar-refractivity contribution in [1.82, 2.24) is 0 Å². The Bertz CT molecular complexity index is 4230. The molecule has 0 atom stereocenters. The molecule has 10 aromatic carbocycles. The summed E-state index contributed by atoms with van der Waals surface area (Å²) in [6.07, 6.45) is 0. The SMILES string of the molecule is Cc1cccc(C)c1N1c2ccc(N(c3ccccc3)c3ccc(-c4cc5ccccc5o4)cc3)cc2B2c3cc(C(C)(C)C)ccc3N(c3ccc(C(C)(C)C)cc3)c3cc(N(c4ccc(C(C)(C)C)cc4)c4ccc(C(C)(C)C)cc4)cc1c32. The molecule has 1 aromatic heterocycles. The Kier molecular flexibility index (Phi) is 13.7. The molecular weight excluding hydrogens is 1040 g/mol. The van der Waals surface area contributed by atoms with Crippen molar-refractivity contribution in [3.63, 3.8) is 0 Å². The molecule has 0 N–H and O–H groups in total. The molecule has 6 heteroatoms. The number of hydrogen-bond donors (Lipinski definition) is 0. The zero-order valence-electron chi connectivity index (χ0n) is 52.6. The van der Waals surface area contributed by atoms with E-state index in [0.29, 0.717) is 0 Å². The van der Waals surface area contributed by atoms with Gasteiger partial charge >= 0.3 is 0 Å². The molecule has 3 heterocycles. The van der Waals surface area contributed by atoms with Crippen molar-refractivity contribution < 1.29 is 4.42 Å². The predicted octanol–water partition coefficient (Wildman–Crippen LogP) is 20.9. The van der Waals surface area contributed by atoms with E-state index < -0.39 is 0 Å². The maximum atomic E-state index is 6.40. The first-order valence-electron chi connectivity index (χ1n) is 30.7. The van der Waals surface area contributed by atoms with Crippen LogP contribution in [0.1, 0.15) is 116 Å². The molecule has 2 aliphatic rings. The molecular formula is C80H79BN4O. The Labute approximate surface area is 511 Å². The molecule has 0 radical (unpaired) electrons. The first-order chi connectivity index (χ1) is 41.0. The van der Waals surface area contributed by atoms with Gasteiger partial charge in [0.25, 0.3) is 6.71 Å². The van der Waals surface area contributed by atoms with Gasteiger partial charge in [0.05, 0.1) is 11.4 Å². The molecule has 0 bridgehead atoms. The second kappa shape index (κ2) is 20.9.